The maximum absolute atomic E-state index is 13.1. The van der Waals surface area contributed by atoms with Crippen molar-refractivity contribution in [1.29, 1.82) is 5.26 Å². The fourth-order valence-corrected chi connectivity index (χ4v) is 2.65. The Morgan fingerprint density at radius 1 is 1.16 bits per heavy atom. The van der Waals surface area contributed by atoms with Gasteiger partial charge >= 0.3 is 0 Å². The Balaban J connectivity index is 2.12. The van der Waals surface area contributed by atoms with E-state index < -0.39 is 15.8 Å². The van der Waals surface area contributed by atoms with Crippen LogP contribution >= 0.6 is 0 Å². The van der Waals surface area contributed by atoms with Crippen molar-refractivity contribution in [2.75, 3.05) is 5.73 Å². The van der Waals surface area contributed by atoms with Gasteiger partial charge in [-0.05, 0) is 36.4 Å². The van der Waals surface area contributed by atoms with Crippen molar-refractivity contribution in [3.63, 3.8) is 0 Å². The van der Waals surface area contributed by atoms with E-state index in [-0.39, 0.29) is 27.8 Å². The Morgan fingerprint density at radius 2 is 1.84 bits per heavy atom. The first-order chi connectivity index (χ1) is 11.8. The molecule has 0 aliphatic rings. The minimum Gasteiger partial charge on any atom is -0.382 e. The molecule has 0 aliphatic carbocycles. The topological polar surface area (TPSA) is 141 Å². The first-order valence-corrected chi connectivity index (χ1v) is 8.39. The van der Waals surface area contributed by atoms with Gasteiger partial charge in [-0.2, -0.15) is 15.0 Å². The summed E-state index contributed by atoms with van der Waals surface area (Å²) in [5.41, 5.74) is 6.83. The number of halogens is 1. The summed E-state index contributed by atoms with van der Waals surface area (Å²) in [4.78, 5) is 3.80. The van der Waals surface area contributed by atoms with Gasteiger partial charge in [0, 0.05) is 11.8 Å². The molecule has 2 aromatic heterocycles. The first-order valence-electron chi connectivity index (χ1n) is 6.85. The molecule has 25 heavy (non-hydrogen) atoms. The number of aromatic nitrogens is 3. The van der Waals surface area contributed by atoms with Crippen molar-refractivity contribution in [3.8, 4) is 23.1 Å². The molecule has 0 fully saturated rings. The number of rotatable bonds is 3. The van der Waals surface area contributed by atoms with Gasteiger partial charge in [-0.15, -0.1) is 0 Å². The summed E-state index contributed by atoms with van der Waals surface area (Å²) >= 11 is 0. The number of primary sulfonamides is 1. The van der Waals surface area contributed by atoms with E-state index in [9.17, 15) is 18.1 Å². The Kier molecular flexibility index (Phi) is 3.96. The molecule has 0 aliphatic heterocycles. The molecule has 10 heteroatoms. The maximum atomic E-state index is 13.1. The zero-order valence-electron chi connectivity index (χ0n) is 12.6. The van der Waals surface area contributed by atoms with Crippen molar-refractivity contribution in [1.82, 2.24) is 14.8 Å². The van der Waals surface area contributed by atoms with E-state index >= 15 is 0 Å². The van der Waals surface area contributed by atoms with Crippen molar-refractivity contribution >= 4 is 15.8 Å². The molecule has 0 spiro atoms. The van der Waals surface area contributed by atoms with E-state index in [1.807, 2.05) is 6.07 Å². The van der Waals surface area contributed by atoms with E-state index in [2.05, 4.69) is 10.1 Å². The minimum absolute atomic E-state index is 0.0256. The Labute approximate surface area is 142 Å². The summed E-state index contributed by atoms with van der Waals surface area (Å²) in [6, 6.07) is 10.00. The van der Waals surface area contributed by atoms with Crippen LogP contribution in [0.2, 0.25) is 0 Å². The first kappa shape index (κ1) is 16.6. The van der Waals surface area contributed by atoms with Gasteiger partial charge in [-0.3, -0.25) is 0 Å². The largest absolute Gasteiger partial charge is 0.382 e. The molecule has 1 aromatic carbocycles. The molecule has 0 saturated heterocycles. The average Bonchev–Trinajstić information content (AvgIpc) is 2.91. The zero-order valence-corrected chi connectivity index (χ0v) is 13.4. The second-order valence-electron chi connectivity index (χ2n) is 5.04. The lowest BCUT2D eigenvalue weighted by Gasteiger charge is -2.03. The molecule has 126 valence electrons. The number of pyridine rings is 1. The minimum atomic E-state index is -3.88. The van der Waals surface area contributed by atoms with Crippen LogP contribution in [0.15, 0.2) is 47.5 Å². The molecular weight excluding hydrogens is 347 g/mol. The van der Waals surface area contributed by atoms with Crippen molar-refractivity contribution in [2.24, 2.45) is 5.14 Å². The number of hydrogen-bond donors (Lipinski definition) is 2. The monoisotopic (exact) mass is 358 g/mol. The Morgan fingerprint density at radius 3 is 2.36 bits per heavy atom. The normalized spacial score (nSPS) is 11.2. The third-order valence-electron chi connectivity index (χ3n) is 3.42. The van der Waals surface area contributed by atoms with E-state index in [4.69, 9.17) is 10.9 Å². The second-order valence-corrected chi connectivity index (χ2v) is 6.60. The van der Waals surface area contributed by atoms with Gasteiger partial charge in [0.25, 0.3) is 0 Å². The summed E-state index contributed by atoms with van der Waals surface area (Å²) in [6.07, 6.45) is 1.06. The predicted molar refractivity (Wildman–Crippen MR) is 87.3 cm³/mol. The standard InChI is InChI=1S/C15H11FN6O2S/c16-10-3-1-9(2-4-10)14-12(7-17)15(18)22(21-14)13-6-5-11(8-20-13)25(19,23)24/h1-6,8H,18H2,(H2,19,23,24). The zero-order chi connectivity index (χ0) is 18.2. The molecule has 0 unspecified atom stereocenters. The predicted octanol–water partition coefficient (Wildman–Crippen LogP) is 1.17. The van der Waals surface area contributed by atoms with Crippen LogP contribution in [0.5, 0.6) is 0 Å². The van der Waals surface area contributed by atoms with Crippen molar-refractivity contribution in [3.05, 3.63) is 54.0 Å². The molecule has 3 rings (SSSR count). The summed E-state index contributed by atoms with van der Waals surface area (Å²) in [5, 5.41) is 18.6. The highest BCUT2D eigenvalue weighted by atomic mass is 32.2. The van der Waals surface area contributed by atoms with Crippen LogP contribution in [-0.4, -0.2) is 23.2 Å². The molecule has 0 amide bonds. The summed E-state index contributed by atoms with van der Waals surface area (Å²) < 4.78 is 36.8. The second kappa shape index (κ2) is 5.97. The SMILES string of the molecule is N#Cc1c(-c2ccc(F)cc2)nn(-c2ccc(S(N)(=O)=O)cn2)c1N. The highest BCUT2D eigenvalue weighted by Crippen LogP contribution is 2.28. The van der Waals surface area contributed by atoms with Gasteiger partial charge in [0.15, 0.2) is 5.82 Å². The third-order valence-corrected chi connectivity index (χ3v) is 4.32. The van der Waals surface area contributed by atoms with E-state index in [1.54, 1.807) is 0 Å². The highest BCUT2D eigenvalue weighted by molar-refractivity contribution is 7.89. The van der Waals surface area contributed by atoms with Crippen molar-refractivity contribution in [2.45, 2.75) is 4.90 Å². The summed E-state index contributed by atoms with van der Waals surface area (Å²) in [5.74, 6) is -0.192. The number of sulfonamides is 1. The number of nitriles is 1. The molecule has 4 N–H and O–H groups in total. The third kappa shape index (κ3) is 3.06. The number of nitrogens with zero attached hydrogens (tertiary/aromatic N) is 4. The maximum Gasteiger partial charge on any atom is 0.239 e. The van der Waals surface area contributed by atoms with Crippen LogP contribution in [0.3, 0.4) is 0 Å². The molecule has 0 radical (unpaired) electrons. The Bertz CT molecular complexity index is 1080. The van der Waals surface area contributed by atoms with E-state index in [1.165, 1.54) is 41.1 Å². The Hall–Kier alpha value is -3.29. The molecule has 0 bridgehead atoms. The van der Waals surface area contributed by atoms with E-state index in [0.29, 0.717) is 5.56 Å². The van der Waals surface area contributed by atoms with Crippen LogP contribution in [0.4, 0.5) is 10.2 Å². The van der Waals surface area contributed by atoms with Gasteiger partial charge in [0.05, 0.1) is 0 Å². The van der Waals surface area contributed by atoms with Gasteiger partial charge in [0.2, 0.25) is 10.0 Å². The smallest absolute Gasteiger partial charge is 0.239 e. The average molecular weight is 358 g/mol. The van der Waals surface area contributed by atoms with Crippen LogP contribution in [-0.2, 0) is 10.0 Å². The summed E-state index contributed by atoms with van der Waals surface area (Å²) in [6.45, 7) is 0. The summed E-state index contributed by atoms with van der Waals surface area (Å²) in [7, 11) is -3.88. The number of nitrogens with two attached hydrogens (primary N) is 2. The van der Waals surface area contributed by atoms with Crippen LogP contribution < -0.4 is 10.9 Å². The van der Waals surface area contributed by atoms with E-state index in [0.717, 1.165) is 6.20 Å². The van der Waals surface area contributed by atoms with Crippen LogP contribution in [0, 0.1) is 17.1 Å². The van der Waals surface area contributed by atoms with Gasteiger partial charge in [-0.25, -0.2) is 22.9 Å². The van der Waals surface area contributed by atoms with Crippen LogP contribution in [0.25, 0.3) is 17.1 Å². The molecule has 2 heterocycles. The highest BCUT2D eigenvalue weighted by Gasteiger charge is 2.19. The number of nitrogen functional groups attached to an aromatic ring is 1. The van der Waals surface area contributed by atoms with Crippen molar-refractivity contribution < 1.29 is 12.8 Å². The molecule has 8 nitrogen and oxygen atoms in total. The fraction of sp³-hybridized carbons (Fsp3) is 0. The van der Waals surface area contributed by atoms with Gasteiger partial charge in [0.1, 0.15) is 33.9 Å². The van der Waals surface area contributed by atoms with Crippen LogP contribution in [0.1, 0.15) is 5.56 Å². The van der Waals surface area contributed by atoms with Gasteiger partial charge < -0.3 is 5.73 Å². The fourth-order valence-electron chi connectivity index (χ4n) is 2.19. The lowest BCUT2D eigenvalue weighted by atomic mass is 10.1. The molecule has 3 aromatic rings. The molecule has 0 atom stereocenters. The number of benzene rings is 1. The lowest BCUT2D eigenvalue weighted by molar-refractivity contribution is 0.597. The number of anilines is 1. The number of hydrogen-bond acceptors (Lipinski definition) is 6. The lowest BCUT2D eigenvalue weighted by Crippen LogP contribution is -2.13. The molecule has 0 saturated carbocycles. The quantitative estimate of drug-likeness (QED) is 0.720. The molecular formula is C15H11FN6O2S. The van der Waals surface area contributed by atoms with Gasteiger partial charge in [-0.1, -0.05) is 0 Å².